The van der Waals surface area contributed by atoms with E-state index in [0.717, 1.165) is 48.8 Å². The third-order valence-corrected chi connectivity index (χ3v) is 5.17. The molecule has 0 saturated heterocycles. The fourth-order valence-electron chi connectivity index (χ4n) is 3.69. The predicted molar refractivity (Wildman–Crippen MR) is 96.5 cm³/mol. The number of aromatic nitrogens is 2. The van der Waals surface area contributed by atoms with Gasteiger partial charge in [-0.15, -0.1) is 0 Å². The minimum atomic E-state index is -4.69. The molecule has 2 aromatic rings. The first-order valence-electron chi connectivity index (χ1n) is 9.37. The summed E-state index contributed by atoms with van der Waals surface area (Å²) in [7, 11) is 0. The van der Waals surface area contributed by atoms with Crippen molar-refractivity contribution >= 4 is 5.71 Å². The number of rotatable bonds is 3. The molecule has 28 heavy (non-hydrogen) atoms. The zero-order chi connectivity index (χ0) is 19.7. The van der Waals surface area contributed by atoms with Crippen molar-refractivity contribution in [3.63, 3.8) is 0 Å². The summed E-state index contributed by atoms with van der Waals surface area (Å²) in [6.07, 6.45) is 0.799. The van der Waals surface area contributed by atoms with E-state index in [-0.39, 0.29) is 12.1 Å². The summed E-state index contributed by atoms with van der Waals surface area (Å²) in [5.41, 5.74) is 1.65. The van der Waals surface area contributed by atoms with Gasteiger partial charge in [0.05, 0.1) is 17.0 Å². The summed E-state index contributed by atoms with van der Waals surface area (Å²) in [5, 5.41) is 0. The summed E-state index contributed by atoms with van der Waals surface area (Å²) in [6.45, 7) is 2.01. The molecule has 2 aliphatic heterocycles. The lowest BCUT2D eigenvalue weighted by Gasteiger charge is -2.28. The molecule has 0 radical (unpaired) electrons. The smallest absolute Gasteiger partial charge is 0.294 e. The number of hydrogen-bond acceptors (Lipinski definition) is 4. The van der Waals surface area contributed by atoms with E-state index >= 15 is 0 Å². The largest absolute Gasteiger partial charge is 0.419 e. The quantitative estimate of drug-likeness (QED) is 0.737. The Bertz CT molecular complexity index is 908. The lowest BCUT2D eigenvalue weighted by atomic mass is 10.0. The number of hydrogen-bond donors (Lipinski definition) is 0. The Morgan fingerprint density at radius 3 is 2.71 bits per heavy atom. The topological polar surface area (TPSA) is 41.4 Å². The monoisotopic (exact) mass is 392 g/mol. The first-order valence-corrected chi connectivity index (χ1v) is 9.37. The summed E-state index contributed by atoms with van der Waals surface area (Å²) in [6, 6.07) is 3.42. The maximum absolute atomic E-state index is 14.3. The Labute approximate surface area is 160 Å². The molecule has 0 atom stereocenters. The second-order valence-electron chi connectivity index (χ2n) is 7.19. The lowest BCUT2D eigenvalue weighted by Crippen LogP contribution is -2.32. The highest BCUT2D eigenvalue weighted by molar-refractivity contribution is 5.97. The summed E-state index contributed by atoms with van der Waals surface area (Å²) < 4.78 is 53.0. The molecule has 0 N–H and O–H groups in total. The van der Waals surface area contributed by atoms with Gasteiger partial charge in [0.2, 0.25) is 0 Å². The average Bonchev–Trinajstić information content (AvgIpc) is 2.69. The molecule has 8 heteroatoms. The molecule has 0 spiro atoms. The molecule has 0 unspecified atom stereocenters. The van der Waals surface area contributed by atoms with Gasteiger partial charge in [-0.05, 0) is 25.3 Å². The number of alkyl halides is 3. The van der Waals surface area contributed by atoms with Gasteiger partial charge < -0.3 is 0 Å². The van der Waals surface area contributed by atoms with Crippen molar-refractivity contribution in [2.45, 2.75) is 44.9 Å². The first kappa shape index (κ1) is 19.0. The number of benzene rings is 1. The van der Waals surface area contributed by atoms with Crippen LogP contribution in [0.1, 0.15) is 47.5 Å². The Kier molecular flexibility index (Phi) is 5.14. The van der Waals surface area contributed by atoms with Crippen molar-refractivity contribution in [2.75, 3.05) is 13.1 Å². The fourth-order valence-corrected chi connectivity index (χ4v) is 3.69. The van der Waals surface area contributed by atoms with E-state index in [0.29, 0.717) is 25.3 Å². The Morgan fingerprint density at radius 2 is 1.96 bits per heavy atom. The van der Waals surface area contributed by atoms with Crippen molar-refractivity contribution in [2.24, 2.45) is 4.99 Å². The predicted octanol–water partition coefficient (Wildman–Crippen LogP) is 4.17. The zero-order valence-electron chi connectivity index (χ0n) is 15.3. The van der Waals surface area contributed by atoms with Crippen LogP contribution in [0.25, 0.3) is 0 Å². The normalized spacial score (nSPS) is 17.9. The van der Waals surface area contributed by atoms with Gasteiger partial charge in [-0.3, -0.25) is 9.89 Å². The second kappa shape index (κ2) is 7.58. The highest BCUT2D eigenvalue weighted by Gasteiger charge is 2.35. The van der Waals surface area contributed by atoms with Crippen LogP contribution in [0.3, 0.4) is 0 Å². The molecular weight excluding hydrogens is 372 g/mol. The van der Waals surface area contributed by atoms with Gasteiger partial charge in [0, 0.05) is 49.9 Å². The van der Waals surface area contributed by atoms with Crippen LogP contribution in [0.5, 0.6) is 0 Å². The molecule has 3 heterocycles. The van der Waals surface area contributed by atoms with Crippen molar-refractivity contribution in [3.05, 3.63) is 58.4 Å². The van der Waals surface area contributed by atoms with Gasteiger partial charge in [0.25, 0.3) is 0 Å². The van der Waals surface area contributed by atoms with E-state index in [1.165, 1.54) is 12.1 Å². The molecule has 4 nitrogen and oxygen atoms in total. The maximum Gasteiger partial charge on any atom is 0.419 e. The molecule has 0 aliphatic carbocycles. The molecule has 0 bridgehead atoms. The average molecular weight is 392 g/mol. The van der Waals surface area contributed by atoms with Crippen LogP contribution < -0.4 is 0 Å². The lowest BCUT2D eigenvalue weighted by molar-refractivity contribution is -0.140. The molecule has 0 saturated carbocycles. The fraction of sp³-hybridized carbons (Fsp3) is 0.450. The molecule has 0 amide bonds. The third kappa shape index (κ3) is 3.92. The highest BCUT2D eigenvalue weighted by atomic mass is 19.4. The van der Waals surface area contributed by atoms with Crippen molar-refractivity contribution in [3.8, 4) is 0 Å². The van der Waals surface area contributed by atoms with Gasteiger partial charge in [0.15, 0.2) is 5.82 Å². The Hall–Kier alpha value is -2.35. The first-order chi connectivity index (χ1) is 13.4. The zero-order valence-corrected chi connectivity index (χ0v) is 15.3. The van der Waals surface area contributed by atoms with Crippen molar-refractivity contribution in [1.29, 1.82) is 0 Å². The van der Waals surface area contributed by atoms with Crippen LogP contribution in [0, 0.1) is 5.82 Å². The number of aliphatic imine (C=N–C) groups is 1. The number of nitrogens with zero attached hydrogens (tertiary/aromatic N) is 4. The van der Waals surface area contributed by atoms with E-state index in [9.17, 15) is 17.6 Å². The van der Waals surface area contributed by atoms with Gasteiger partial charge >= 0.3 is 6.18 Å². The molecule has 4 rings (SSSR count). The van der Waals surface area contributed by atoms with E-state index in [1.807, 2.05) is 4.90 Å². The molecule has 2 aliphatic rings. The van der Waals surface area contributed by atoms with Crippen LogP contribution >= 0.6 is 0 Å². The highest BCUT2D eigenvalue weighted by Crippen LogP contribution is 2.33. The number of halogens is 4. The van der Waals surface area contributed by atoms with Crippen LogP contribution in [-0.2, 0) is 25.7 Å². The van der Waals surface area contributed by atoms with Crippen LogP contribution in [0.4, 0.5) is 17.6 Å². The van der Waals surface area contributed by atoms with Crippen molar-refractivity contribution in [1.82, 2.24) is 14.9 Å². The molecule has 0 fully saturated rings. The Balaban J connectivity index is 1.50. The second-order valence-corrected chi connectivity index (χ2v) is 7.19. The van der Waals surface area contributed by atoms with Crippen LogP contribution in [-0.4, -0.2) is 33.7 Å². The standard InChI is InChI=1S/C20H20F4N4/c21-18-13(4-3-5-15(18)20(22,23)24)11-28-9-7-16-14(12-28)10-26-19(27-16)17-6-1-2-8-25-17/h3-5,10H,1-2,6-9,11-12H2. The SMILES string of the molecule is Fc1c(CN2CCc3nc(C4=NCCCC4)ncc3C2)cccc1C(F)(F)F. The molecule has 1 aromatic heterocycles. The summed E-state index contributed by atoms with van der Waals surface area (Å²) in [4.78, 5) is 15.5. The van der Waals surface area contributed by atoms with Crippen molar-refractivity contribution < 1.29 is 17.6 Å². The van der Waals surface area contributed by atoms with Gasteiger partial charge in [-0.2, -0.15) is 13.2 Å². The minimum Gasteiger partial charge on any atom is -0.294 e. The molecule has 1 aromatic carbocycles. The Morgan fingerprint density at radius 1 is 1.11 bits per heavy atom. The summed E-state index contributed by atoms with van der Waals surface area (Å²) >= 11 is 0. The van der Waals surface area contributed by atoms with Gasteiger partial charge in [-0.1, -0.05) is 12.1 Å². The van der Waals surface area contributed by atoms with E-state index in [2.05, 4.69) is 15.0 Å². The minimum absolute atomic E-state index is 0.0485. The third-order valence-electron chi connectivity index (χ3n) is 5.17. The van der Waals surface area contributed by atoms with Crippen LogP contribution in [0.2, 0.25) is 0 Å². The van der Waals surface area contributed by atoms with Crippen LogP contribution in [0.15, 0.2) is 29.4 Å². The molecular formula is C20H20F4N4. The van der Waals surface area contributed by atoms with E-state index in [4.69, 9.17) is 0 Å². The maximum atomic E-state index is 14.3. The molecule has 148 valence electrons. The van der Waals surface area contributed by atoms with Gasteiger partial charge in [-0.25, -0.2) is 14.4 Å². The number of fused-ring (bicyclic) bond motifs is 1. The van der Waals surface area contributed by atoms with Gasteiger partial charge in [0.1, 0.15) is 5.82 Å². The van der Waals surface area contributed by atoms with E-state index in [1.54, 1.807) is 6.20 Å². The summed E-state index contributed by atoms with van der Waals surface area (Å²) in [5.74, 6) is -0.515. The van der Waals surface area contributed by atoms with E-state index < -0.39 is 17.6 Å².